The Bertz CT molecular complexity index is 516. The first kappa shape index (κ1) is 8.55. The number of aryl methyl sites for hydroxylation is 1. The minimum Gasteiger partial charge on any atom is -0.507 e. The van der Waals surface area contributed by atoms with Crippen LogP contribution in [0.1, 0.15) is 10.5 Å². The van der Waals surface area contributed by atoms with Gasteiger partial charge in [0.25, 0.3) is 0 Å². The summed E-state index contributed by atoms with van der Waals surface area (Å²) >= 11 is 0. The van der Waals surface area contributed by atoms with Gasteiger partial charge in [-0.15, -0.1) is 0 Å². The Balaban J connectivity index is 2.93. The first-order chi connectivity index (χ1) is 6.61. The summed E-state index contributed by atoms with van der Waals surface area (Å²) in [6.07, 6.45) is 0. The summed E-state index contributed by atoms with van der Waals surface area (Å²) in [6, 6.07) is 4.72. The minimum absolute atomic E-state index is 0.00176. The lowest BCUT2D eigenvalue weighted by Crippen LogP contribution is -2.05. The van der Waals surface area contributed by atoms with Crippen molar-refractivity contribution >= 4 is 16.9 Å². The number of fused-ring (bicyclic) bond motifs is 1. The summed E-state index contributed by atoms with van der Waals surface area (Å²) < 4.78 is 1.24. The molecular weight excluding hydrogens is 184 g/mol. The molecule has 0 aliphatic rings. The number of phenols is 1. The molecule has 0 atom stereocenters. The quantitative estimate of drug-likeness (QED) is 0.706. The first-order valence-electron chi connectivity index (χ1n) is 3.99. The van der Waals surface area contributed by atoms with Crippen LogP contribution in [-0.2, 0) is 7.05 Å². The van der Waals surface area contributed by atoms with Gasteiger partial charge in [-0.1, -0.05) is 6.07 Å². The summed E-state index contributed by atoms with van der Waals surface area (Å²) in [5, 5.41) is 22.7. The molecule has 0 radical (unpaired) electrons. The Kier molecular flexibility index (Phi) is 1.67. The van der Waals surface area contributed by atoms with Gasteiger partial charge in [0.15, 0.2) is 5.69 Å². The van der Waals surface area contributed by atoms with Crippen molar-refractivity contribution in [2.75, 3.05) is 0 Å². The molecule has 5 heteroatoms. The predicted octanol–water partition coefficient (Wildman–Crippen LogP) is 0.977. The first-order valence-corrected chi connectivity index (χ1v) is 3.99. The highest BCUT2D eigenvalue weighted by Gasteiger charge is 2.17. The molecule has 5 nitrogen and oxygen atoms in total. The Morgan fingerprint density at radius 3 is 2.86 bits per heavy atom. The van der Waals surface area contributed by atoms with Crippen molar-refractivity contribution in [2.45, 2.75) is 0 Å². The summed E-state index contributed by atoms with van der Waals surface area (Å²) in [5.41, 5.74) is 0.475. The van der Waals surface area contributed by atoms with E-state index in [1.54, 1.807) is 12.1 Å². The van der Waals surface area contributed by atoms with E-state index in [2.05, 4.69) is 5.10 Å². The molecule has 72 valence electrons. The zero-order valence-corrected chi connectivity index (χ0v) is 7.43. The van der Waals surface area contributed by atoms with Crippen LogP contribution in [0, 0.1) is 0 Å². The highest BCUT2D eigenvalue weighted by atomic mass is 16.4. The number of phenolic OH excluding ortho intramolecular Hbond substituents is 1. The zero-order chi connectivity index (χ0) is 10.3. The second-order valence-electron chi connectivity index (χ2n) is 2.95. The van der Waals surface area contributed by atoms with Crippen LogP contribution in [0.15, 0.2) is 18.2 Å². The van der Waals surface area contributed by atoms with E-state index < -0.39 is 5.97 Å². The number of hydrogen-bond acceptors (Lipinski definition) is 3. The molecule has 0 aliphatic heterocycles. The number of hydrogen-bond donors (Lipinski definition) is 2. The van der Waals surface area contributed by atoms with E-state index in [4.69, 9.17) is 5.11 Å². The van der Waals surface area contributed by atoms with Gasteiger partial charge in [-0.05, 0) is 12.1 Å². The molecule has 0 saturated heterocycles. The third-order valence-electron chi connectivity index (χ3n) is 2.04. The maximum absolute atomic E-state index is 10.9. The van der Waals surface area contributed by atoms with E-state index in [0.29, 0.717) is 5.52 Å². The molecule has 14 heavy (non-hydrogen) atoms. The van der Waals surface area contributed by atoms with E-state index in [9.17, 15) is 9.90 Å². The van der Waals surface area contributed by atoms with Gasteiger partial charge in [0, 0.05) is 7.05 Å². The summed E-state index contributed by atoms with van der Waals surface area (Å²) in [6.45, 7) is 0. The zero-order valence-electron chi connectivity index (χ0n) is 7.43. The van der Waals surface area contributed by atoms with E-state index in [0.717, 1.165) is 0 Å². The molecule has 2 rings (SSSR count). The van der Waals surface area contributed by atoms with Gasteiger partial charge in [-0.25, -0.2) is 4.79 Å². The van der Waals surface area contributed by atoms with Crippen molar-refractivity contribution in [1.29, 1.82) is 0 Å². The fourth-order valence-electron chi connectivity index (χ4n) is 1.47. The topological polar surface area (TPSA) is 75.3 Å². The van der Waals surface area contributed by atoms with Gasteiger partial charge in [-0.2, -0.15) is 5.10 Å². The van der Waals surface area contributed by atoms with Crippen molar-refractivity contribution < 1.29 is 15.0 Å². The second-order valence-corrected chi connectivity index (χ2v) is 2.95. The molecule has 0 spiro atoms. The second kappa shape index (κ2) is 2.73. The molecule has 1 aromatic heterocycles. The number of carbonyl (C=O) groups is 1. The number of benzene rings is 1. The number of aromatic carboxylic acids is 1. The molecule has 2 N–H and O–H groups in total. The summed E-state index contributed by atoms with van der Waals surface area (Å²) in [5.74, 6) is -1.16. The average molecular weight is 192 g/mol. The van der Waals surface area contributed by atoms with Crippen molar-refractivity contribution in [2.24, 2.45) is 7.05 Å². The Labute approximate surface area is 79.2 Å². The van der Waals surface area contributed by atoms with Gasteiger partial charge >= 0.3 is 5.97 Å². The molecule has 2 aromatic rings. The molecule has 0 fully saturated rings. The molecule has 0 unspecified atom stereocenters. The molecule has 0 aliphatic carbocycles. The van der Waals surface area contributed by atoms with E-state index in [1.807, 2.05) is 0 Å². The smallest absolute Gasteiger partial charge is 0.354 e. The van der Waals surface area contributed by atoms with E-state index in [1.165, 1.54) is 17.8 Å². The largest absolute Gasteiger partial charge is 0.507 e. The number of aromatic nitrogens is 2. The average Bonchev–Trinajstić information content (AvgIpc) is 2.42. The van der Waals surface area contributed by atoms with Crippen LogP contribution < -0.4 is 0 Å². The Morgan fingerprint density at radius 1 is 1.50 bits per heavy atom. The fourth-order valence-corrected chi connectivity index (χ4v) is 1.47. The van der Waals surface area contributed by atoms with Gasteiger partial charge in [0.05, 0.1) is 10.9 Å². The summed E-state index contributed by atoms with van der Waals surface area (Å²) in [4.78, 5) is 10.9. The van der Waals surface area contributed by atoms with Crippen molar-refractivity contribution in [3.05, 3.63) is 23.9 Å². The number of carboxylic acids is 1. The number of carboxylic acid groups (broad SMARTS) is 1. The predicted molar refractivity (Wildman–Crippen MR) is 49.3 cm³/mol. The van der Waals surface area contributed by atoms with Crippen LogP contribution in [0.25, 0.3) is 10.9 Å². The van der Waals surface area contributed by atoms with Crippen LogP contribution >= 0.6 is 0 Å². The Hall–Kier alpha value is -2.04. The van der Waals surface area contributed by atoms with Gasteiger partial charge in [0.1, 0.15) is 5.75 Å². The van der Waals surface area contributed by atoms with Crippen LogP contribution in [-0.4, -0.2) is 26.0 Å². The Morgan fingerprint density at radius 2 is 2.21 bits per heavy atom. The van der Waals surface area contributed by atoms with Crippen molar-refractivity contribution in [1.82, 2.24) is 9.78 Å². The third kappa shape index (κ3) is 1.02. The molecule has 1 aromatic carbocycles. The van der Waals surface area contributed by atoms with Gasteiger partial charge in [-0.3, -0.25) is 4.68 Å². The monoisotopic (exact) mass is 192 g/mol. The molecule has 1 heterocycles. The lowest BCUT2D eigenvalue weighted by Gasteiger charge is -1.96. The van der Waals surface area contributed by atoms with E-state index in [-0.39, 0.29) is 16.8 Å². The van der Waals surface area contributed by atoms with Crippen LogP contribution in [0.4, 0.5) is 0 Å². The number of rotatable bonds is 1. The molecule has 0 saturated carbocycles. The van der Waals surface area contributed by atoms with Crippen LogP contribution in [0.3, 0.4) is 0 Å². The number of nitrogens with zero attached hydrogens (tertiary/aromatic N) is 2. The van der Waals surface area contributed by atoms with Crippen LogP contribution in [0.5, 0.6) is 5.75 Å². The fraction of sp³-hybridized carbons (Fsp3) is 0.111. The normalized spacial score (nSPS) is 10.6. The highest BCUT2D eigenvalue weighted by molar-refractivity contribution is 6.03. The maximum Gasteiger partial charge on any atom is 0.354 e. The highest BCUT2D eigenvalue weighted by Crippen LogP contribution is 2.26. The van der Waals surface area contributed by atoms with Gasteiger partial charge in [0.2, 0.25) is 0 Å². The van der Waals surface area contributed by atoms with E-state index >= 15 is 0 Å². The lowest BCUT2D eigenvalue weighted by molar-refractivity contribution is 0.0687. The maximum atomic E-state index is 10.9. The van der Waals surface area contributed by atoms with Crippen molar-refractivity contribution in [3.63, 3.8) is 0 Å². The molecule has 0 bridgehead atoms. The molecular formula is C9H8N2O3. The lowest BCUT2D eigenvalue weighted by atomic mass is 10.2. The SMILES string of the molecule is Cn1nc2cccc(O)c2c1C(=O)O. The number of aromatic hydroxyl groups is 1. The van der Waals surface area contributed by atoms with Crippen LogP contribution in [0.2, 0.25) is 0 Å². The third-order valence-corrected chi connectivity index (χ3v) is 2.04. The molecule has 0 amide bonds. The standard InChI is InChI=1S/C9H8N2O3/c1-11-8(9(13)14)7-5(10-11)3-2-4-6(7)12/h2-4,12H,1H3,(H,13,14). The summed E-state index contributed by atoms with van der Waals surface area (Å²) in [7, 11) is 1.53. The minimum atomic E-state index is -1.10. The van der Waals surface area contributed by atoms with Gasteiger partial charge < -0.3 is 10.2 Å². The van der Waals surface area contributed by atoms with Crippen molar-refractivity contribution in [3.8, 4) is 5.75 Å².